The van der Waals surface area contributed by atoms with E-state index < -0.39 is 5.92 Å². The van der Waals surface area contributed by atoms with E-state index in [0.29, 0.717) is 25.3 Å². The molecule has 0 saturated carbocycles. The van der Waals surface area contributed by atoms with Crippen LogP contribution >= 0.6 is 0 Å². The monoisotopic (exact) mass is 517 g/mol. The van der Waals surface area contributed by atoms with Gasteiger partial charge in [-0.2, -0.15) is 10.2 Å². The molecule has 2 aromatic heterocycles. The molecular formula is C30H33F2N5O. The predicted octanol–water partition coefficient (Wildman–Crippen LogP) is 6.30. The van der Waals surface area contributed by atoms with E-state index in [0.717, 1.165) is 71.1 Å². The Balaban J connectivity index is 1.46. The van der Waals surface area contributed by atoms with Crippen molar-refractivity contribution in [1.82, 2.24) is 20.1 Å². The SMILES string of the molecule is CCC1=C(C(=O)Nc2ccnnc2)c2cc(-c3cncc(CN4CCC(F)(F)CC4)c3)ccc2CCCC1. The number of carbonyl (C=O) groups excluding carboxylic acids is 1. The van der Waals surface area contributed by atoms with Crippen molar-refractivity contribution in [2.24, 2.45) is 0 Å². The van der Waals surface area contributed by atoms with E-state index in [4.69, 9.17) is 0 Å². The van der Waals surface area contributed by atoms with Crippen LogP contribution in [-0.4, -0.2) is 45.0 Å². The van der Waals surface area contributed by atoms with Gasteiger partial charge in [-0.05, 0) is 72.6 Å². The molecule has 1 amide bonds. The first-order chi connectivity index (χ1) is 18.4. The number of piperidine rings is 1. The number of aromatic nitrogens is 3. The Hall–Kier alpha value is -3.52. The van der Waals surface area contributed by atoms with Gasteiger partial charge in [-0.1, -0.05) is 24.6 Å². The van der Waals surface area contributed by atoms with Crippen molar-refractivity contribution < 1.29 is 13.6 Å². The number of allylic oxidation sites excluding steroid dienone is 1. The number of carbonyl (C=O) groups is 1. The summed E-state index contributed by atoms with van der Waals surface area (Å²) in [7, 11) is 0. The molecule has 38 heavy (non-hydrogen) atoms. The van der Waals surface area contributed by atoms with Crippen LogP contribution in [0, 0.1) is 0 Å². The fourth-order valence-corrected chi connectivity index (χ4v) is 5.40. The van der Waals surface area contributed by atoms with E-state index >= 15 is 0 Å². The third-order valence-electron chi connectivity index (χ3n) is 7.53. The lowest BCUT2D eigenvalue weighted by Gasteiger charge is -2.31. The maximum absolute atomic E-state index is 13.6. The first-order valence-electron chi connectivity index (χ1n) is 13.4. The second-order valence-electron chi connectivity index (χ2n) is 10.2. The third kappa shape index (κ3) is 6.13. The summed E-state index contributed by atoms with van der Waals surface area (Å²) in [6.07, 6.45) is 11.3. The number of halogens is 2. The Bertz CT molecular complexity index is 1320. The molecule has 1 aliphatic heterocycles. The molecule has 0 bridgehead atoms. The molecule has 1 saturated heterocycles. The first kappa shape index (κ1) is 26.1. The smallest absolute Gasteiger partial charge is 0.256 e. The van der Waals surface area contributed by atoms with Crippen LogP contribution in [0.25, 0.3) is 16.7 Å². The van der Waals surface area contributed by atoms with Gasteiger partial charge in [0, 0.05) is 56.0 Å². The average Bonchev–Trinajstić information content (AvgIpc) is 2.91. The number of alkyl halides is 2. The van der Waals surface area contributed by atoms with Crippen LogP contribution in [0.1, 0.15) is 62.1 Å². The van der Waals surface area contributed by atoms with Gasteiger partial charge in [-0.15, -0.1) is 0 Å². The number of benzene rings is 1. The number of hydrogen-bond acceptors (Lipinski definition) is 5. The number of rotatable bonds is 6. The zero-order valence-electron chi connectivity index (χ0n) is 21.7. The normalized spacial score (nSPS) is 17.9. The number of fused-ring (bicyclic) bond motifs is 1. The molecule has 0 unspecified atom stereocenters. The Labute approximate surface area is 222 Å². The minimum Gasteiger partial charge on any atom is -0.320 e. The third-order valence-corrected chi connectivity index (χ3v) is 7.53. The molecule has 1 aliphatic carbocycles. The predicted molar refractivity (Wildman–Crippen MR) is 145 cm³/mol. The van der Waals surface area contributed by atoms with Gasteiger partial charge in [0.1, 0.15) is 0 Å². The van der Waals surface area contributed by atoms with Crippen molar-refractivity contribution in [1.29, 1.82) is 0 Å². The molecule has 198 valence electrons. The van der Waals surface area contributed by atoms with Gasteiger partial charge in [0.15, 0.2) is 0 Å². The van der Waals surface area contributed by atoms with Crippen LogP contribution in [-0.2, 0) is 17.8 Å². The number of aryl methyl sites for hydroxylation is 1. The molecule has 1 fully saturated rings. The molecule has 2 aliphatic rings. The second kappa shape index (κ2) is 11.5. The van der Waals surface area contributed by atoms with E-state index in [1.54, 1.807) is 24.7 Å². The summed E-state index contributed by atoms with van der Waals surface area (Å²) >= 11 is 0. The van der Waals surface area contributed by atoms with Crippen molar-refractivity contribution >= 4 is 17.2 Å². The van der Waals surface area contributed by atoms with E-state index in [2.05, 4.69) is 56.6 Å². The number of nitrogens with zero attached hydrogens (tertiary/aromatic N) is 4. The van der Waals surface area contributed by atoms with E-state index in [1.165, 1.54) is 0 Å². The van der Waals surface area contributed by atoms with Crippen molar-refractivity contribution in [3.8, 4) is 11.1 Å². The fourth-order valence-electron chi connectivity index (χ4n) is 5.40. The van der Waals surface area contributed by atoms with Crippen LogP contribution in [0.2, 0.25) is 0 Å². The van der Waals surface area contributed by atoms with Crippen LogP contribution in [0.3, 0.4) is 0 Å². The van der Waals surface area contributed by atoms with E-state index in [9.17, 15) is 13.6 Å². The number of amides is 1. The molecule has 8 heteroatoms. The van der Waals surface area contributed by atoms with Gasteiger partial charge in [-0.3, -0.25) is 14.7 Å². The van der Waals surface area contributed by atoms with Crippen LogP contribution < -0.4 is 5.32 Å². The number of likely N-dealkylation sites (tertiary alicyclic amines) is 1. The summed E-state index contributed by atoms with van der Waals surface area (Å²) in [6, 6.07) is 10.1. The fraction of sp³-hybridized carbons (Fsp3) is 0.400. The molecule has 1 N–H and O–H groups in total. The summed E-state index contributed by atoms with van der Waals surface area (Å²) < 4.78 is 27.2. The Morgan fingerprint density at radius 3 is 2.58 bits per heavy atom. The molecule has 1 aromatic carbocycles. The summed E-state index contributed by atoms with van der Waals surface area (Å²) in [4.78, 5) is 20.2. The molecule has 3 heterocycles. The zero-order chi connectivity index (χ0) is 26.5. The van der Waals surface area contributed by atoms with Gasteiger partial charge < -0.3 is 5.32 Å². The Morgan fingerprint density at radius 1 is 1.00 bits per heavy atom. The Kier molecular flexibility index (Phi) is 7.88. The molecular weight excluding hydrogens is 484 g/mol. The first-order valence-corrected chi connectivity index (χ1v) is 13.4. The lowest BCUT2D eigenvalue weighted by atomic mass is 9.85. The molecule has 3 aromatic rings. The molecule has 0 spiro atoms. The van der Waals surface area contributed by atoms with E-state index in [1.807, 2.05) is 6.20 Å². The highest BCUT2D eigenvalue weighted by Gasteiger charge is 2.33. The van der Waals surface area contributed by atoms with Crippen molar-refractivity contribution in [2.45, 2.75) is 64.3 Å². The summed E-state index contributed by atoms with van der Waals surface area (Å²) in [5.74, 6) is -2.69. The maximum Gasteiger partial charge on any atom is 0.256 e. The highest BCUT2D eigenvalue weighted by molar-refractivity contribution is 6.26. The lowest BCUT2D eigenvalue weighted by molar-refractivity contribution is -0.111. The van der Waals surface area contributed by atoms with E-state index in [-0.39, 0.29) is 18.7 Å². The van der Waals surface area contributed by atoms with Crippen molar-refractivity contribution in [3.05, 3.63) is 77.4 Å². The van der Waals surface area contributed by atoms with Gasteiger partial charge in [0.2, 0.25) is 0 Å². The number of anilines is 1. The van der Waals surface area contributed by atoms with Crippen molar-refractivity contribution in [2.75, 3.05) is 18.4 Å². The second-order valence-corrected chi connectivity index (χ2v) is 10.2. The summed E-state index contributed by atoms with van der Waals surface area (Å²) in [5.41, 5.74) is 7.54. The highest BCUT2D eigenvalue weighted by Crippen LogP contribution is 2.35. The summed E-state index contributed by atoms with van der Waals surface area (Å²) in [6.45, 7) is 3.46. The summed E-state index contributed by atoms with van der Waals surface area (Å²) in [5, 5.41) is 10.7. The zero-order valence-corrected chi connectivity index (χ0v) is 21.7. The average molecular weight is 518 g/mol. The molecule has 0 atom stereocenters. The van der Waals surface area contributed by atoms with Gasteiger partial charge in [0.05, 0.1) is 18.1 Å². The molecule has 0 radical (unpaired) electrons. The highest BCUT2D eigenvalue weighted by atomic mass is 19.3. The van der Waals surface area contributed by atoms with Crippen molar-refractivity contribution in [3.63, 3.8) is 0 Å². The minimum atomic E-state index is -2.56. The van der Waals surface area contributed by atoms with Gasteiger partial charge >= 0.3 is 0 Å². The lowest BCUT2D eigenvalue weighted by Crippen LogP contribution is -2.38. The van der Waals surface area contributed by atoms with Crippen LogP contribution in [0.4, 0.5) is 14.5 Å². The molecule has 6 nitrogen and oxygen atoms in total. The number of nitrogens with one attached hydrogen (secondary N) is 1. The van der Waals surface area contributed by atoms with Crippen LogP contribution in [0.5, 0.6) is 0 Å². The quantitative estimate of drug-likeness (QED) is 0.416. The topological polar surface area (TPSA) is 71.0 Å². The standard InChI is InChI=1S/C30H33F2N5O/c1-2-22-5-3-4-6-23-7-8-24(16-27(23)28(22)29(38)36-26-9-12-34-35-19-26)25-15-21(17-33-18-25)20-37-13-10-30(31,32)11-14-37/h7-9,12,15-19H,2-6,10-11,13-14,20H2,1H3,(H,34,36,38). The number of hydrogen-bond donors (Lipinski definition) is 1. The molecule has 5 rings (SSSR count). The van der Waals surface area contributed by atoms with Crippen LogP contribution in [0.15, 0.2) is 60.7 Å². The minimum absolute atomic E-state index is 0.0998. The Morgan fingerprint density at radius 2 is 1.82 bits per heavy atom. The maximum atomic E-state index is 13.6. The largest absolute Gasteiger partial charge is 0.320 e. The van der Waals surface area contributed by atoms with Gasteiger partial charge in [0.25, 0.3) is 11.8 Å². The van der Waals surface area contributed by atoms with Gasteiger partial charge in [-0.25, -0.2) is 8.78 Å². The number of pyridine rings is 1.